The molecule has 0 aromatic rings. The van der Waals surface area contributed by atoms with Crippen LogP contribution in [0.4, 0.5) is 0 Å². The van der Waals surface area contributed by atoms with Crippen LogP contribution in [-0.4, -0.2) is 49.2 Å². The van der Waals surface area contributed by atoms with E-state index in [1.165, 1.54) is 32.8 Å². The van der Waals surface area contributed by atoms with E-state index in [2.05, 4.69) is 38.0 Å². The lowest BCUT2D eigenvalue weighted by atomic mass is 9.86. The number of nitrogens with one attached hydrogen (secondary N) is 1. The maximum absolute atomic E-state index is 12.1. The zero-order chi connectivity index (χ0) is 16.0. The topological polar surface area (TPSA) is 41.6 Å². The first-order valence-corrected chi connectivity index (χ1v) is 8.35. The molecule has 21 heavy (non-hydrogen) atoms. The van der Waals surface area contributed by atoms with Crippen molar-refractivity contribution in [1.29, 1.82) is 0 Å². The van der Waals surface area contributed by atoms with Gasteiger partial charge in [-0.15, -0.1) is 0 Å². The van der Waals surface area contributed by atoms with Crippen LogP contribution in [0.5, 0.6) is 0 Å². The van der Waals surface area contributed by atoms with E-state index in [1.807, 2.05) is 6.92 Å². The van der Waals surface area contributed by atoms with Gasteiger partial charge in [0.1, 0.15) is 5.54 Å². The zero-order valence-corrected chi connectivity index (χ0v) is 14.7. The fraction of sp³-hybridized carbons (Fsp3) is 0.941. The van der Waals surface area contributed by atoms with Crippen molar-refractivity contribution in [3.05, 3.63) is 0 Å². The fourth-order valence-corrected chi connectivity index (χ4v) is 3.36. The highest BCUT2D eigenvalue weighted by Crippen LogP contribution is 2.27. The molecule has 0 bridgehead atoms. The molecule has 1 fully saturated rings. The number of rotatable bonds is 7. The third kappa shape index (κ3) is 5.59. The Kier molecular flexibility index (Phi) is 7.14. The lowest BCUT2D eigenvalue weighted by Gasteiger charge is -2.36. The zero-order valence-electron chi connectivity index (χ0n) is 14.7. The van der Waals surface area contributed by atoms with Crippen LogP contribution in [-0.2, 0) is 9.53 Å². The first kappa shape index (κ1) is 18.4. The monoisotopic (exact) mass is 298 g/mol. The summed E-state index contributed by atoms with van der Waals surface area (Å²) in [7, 11) is 3.66. The molecule has 4 heteroatoms. The van der Waals surface area contributed by atoms with E-state index in [1.54, 1.807) is 0 Å². The lowest BCUT2D eigenvalue weighted by molar-refractivity contribution is -0.148. The Bertz CT molecular complexity index is 325. The highest BCUT2D eigenvalue weighted by molar-refractivity contribution is 5.80. The van der Waals surface area contributed by atoms with Gasteiger partial charge in [-0.2, -0.15) is 0 Å². The van der Waals surface area contributed by atoms with E-state index in [0.717, 1.165) is 18.9 Å². The van der Waals surface area contributed by atoms with Gasteiger partial charge in [0.05, 0.1) is 7.11 Å². The number of carbonyl (C=O) groups is 1. The molecule has 0 radical (unpaired) electrons. The summed E-state index contributed by atoms with van der Waals surface area (Å²) in [5.41, 5.74) is -0.598. The minimum atomic E-state index is -0.598. The van der Waals surface area contributed by atoms with E-state index < -0.39 is 5.54 Å². The van der Waals surface area contributed by atoms with E-state index in [-0.39, 0.29) is 12.0 Å². The number of esters is 1. The second-order valence-corrected chi connectivity index (χ2v) is 7.27. The predicted molar refractivity (Wildman–Crippen MR) is 87.4 cm³/mol. The standard InChI is InChI=1S/C17H34N2O2/c1-13(2)18-17(4,16(20)21-6)11-12-19(5)15-9-7-14(3)8-10-15/h13-15,18H,7-12H2,1-6H3. The van der Waals surface area contributed by atoms with Crippen LogP contribution in [0.25, 0.3) is 0 Å². The van der Waals surface area contributed by atoms with Gasteiger partial charge >= 0.3 is 5.97 Å². The van der Waals surface area contributed by atoms with Gasteiger partial charge in [0.2, 0.25) is 0 Å². The maximum atomic E-state index is 12.1. The molecule has 1 saturated carbocycles. The van der Waals surface area contributed by atoms with Gasteiger partial charge in [-0.1, -0.05) is 6.92 Å². The van der Waals surface area contributed by atoms with Crippen molar-refractivity contribution in [2.24, 2.45) is 5.92 Å². The third-order valence-electron chi connectivity index (χ3n) is 4.82. The average molecular weight is 298 g/mol. The summed E-state index contributed by atoms with van der Waals surface area (Å²) in [6.45, 7) is 9.35. The molecule has 1 aliphatic rings. The Morgan fingerprint density at radius 1 is 1.33 bits per heavy atom. The summed E-state index contributed by atoms with van der Waals surface area (Å²) in [6.07, 6.45) is 6.00. The normalized spacial score (nSPS) is 25.9. The average Bonchev–Trinajstić information content (AvgIpc) is 2.44. The van der Waals surface area contributed by atoms with Gasteiger partial charge in [0.15, 0.2) is 0 Å². The van der Waals surface area contributed by atoms with Crippen molar-refractivity contribution in [3.8, 4) is 0 Å². The quantitative estimate of drug-likeness (QED) is 0.734. The minimum absolute atomic E-state index is 0.165. The Hall–Kier alpha value is -0.610. The molecule has 1 unspecified atom stereocenters. The third-order valence-corrected chi connectivity index (χ3v) is 4.82. The molecular weight excluding hydrogens is 264 g/mol. The molecule has 0 spiro atoms. The minimum Gasteiger partial charge on any atom is -0.468 e. The van der Waals surface area contributed by atoms with Crippen LogP contribution in [0.1, 0.15) is 59.8 Å². The second-order valence-electron chi connectivity index (χ2n) is 7.27. The molecule has 1 N–H and O–H groups in total. The first-order chi connectivity index (χ1) is 9.78. The molecule has 0 aliphatic heterocycles. The SMILES string of the molecule is COC(=O)C(C)(CCN(C)C1CCC(C)CC1)NC(C)C. The van der Waals surface area contributed by atoms with E-state index >= 15 is 0 Å². The van der Waals surface area contributed by atoms with E-state index in [9.17, 15) is 4.79 Å². The van der Waals surface area contributed by atoms with Crippen LogP contribution in [0, 0.1) is 5.92 Å². The summed E-state index contributed by atoms with van der Waals surface area (Å²) in [5.74, 6) is 0.708. The molecule has 1 aliphatic carbocycles. The van der Waals surface area contributed by atoms with Crippen molar-refractivity contribution < 1.29 is 9.53 Å². The summed E-state index contributed by atoms with van der Waals surface area (Å²) in [6, 6.07) is 0.928. The van der Waals surface area contributed by atoms with Gasteiger partial charge < -0.3 is 9.64 Å². The van der Waals surface area contributed by atoms with Gasteiger partial charge in [0, 0.05) is 18.6 Å². The molecule has 0 heterocycles. The highest BCUT2D eigenvalue weighted by atomic mass is 16.5. The molecular formula is C17H34N2O2. The molecule has 0 aromatic carbocycles. The van der Waals surface area contributed by atoms with Crippen LogP contribution in [0.3, 0.4) is 0 Å². The second kappa shape index (κ2) is 8.14. The van der Waals surface area contributed by atoms with Gasteiger partial charge in [0.25, 0.3) is 0 Å². The maximum Gasteiger partial charge on any atom is 0.325 e. The first-order valence-electron chi connectivity index (χ1n) is 8.35. The Balaban J connectivity index is 2.54. The van der Waals surface area contributed by atoms with Crippen LogP contribution < -0.4 is 5.32 Å². The molecule has 1 atom stereocenters. The summed E-state index contributed by atoms with van der Waals surface area (Å²) >= 11 is 0. The van der Waals surface area contributed by atoms with Crippen molar-refractivity contribution >= 4 is 5.97 Å². The van der Waals surface area contributed by atoms with Crippen molar-refractivity contribution in [3.63, 3.8) is 0 Å². The van der Waals surface area contributed by atoms with Crippen molar-refractivity contribution in [1.82, 2.24) is 10.2 Å². The van der Waals surface area contributed by atoms with Crippen LogP contribution >= 0.6 is 0 Å². The number of nitrogens with zero attached hydrogens (tertiary/aromatic N) is 1. The van der Waals surface area contributed by atoms with Crippen LogP contribution in [0.2, 0.25) is 0 Å². The molecule has 124 valence electrons. The van der Waals surface area contributed by atoms with E-state index in [0.29, 0.717) is 6.04 Å². The van der Waals surface area contributed by atoms with Crippen LogP contribution in [0.15, 0.2) is 0 Å². The van der Waals surface area contributed by atoms with Crippen molar-refractivity contribution in [2.45, 2.75) is 77.4 Å². The summed E-state index contributed by atoms with van der Waals surface area (Å²) in [5, 5.41) is 3.37. The smallest absolute Gasteiger partial charge is 0.325 e. The number of hydrogen-bond donors (Lipinski definition) is 1. The Morgan fingerprint density at radius 2 is 1.90 bits per heavy atom. The number of methoxy groups -OCH3 is 1. The van der Waals surface area contributed by atoms with Gasteiger partial charge in [-0.25, -0.2) is 0 Å². The number of ether oxygens (including phenoxy) is 1. The van der Waals surface area contributed by atoms with Gasteiger partial charge in [-0.3, -0.25) is 10.1 Å². The molecule has 4 nitrogen and oxygen atoms in total. The fourth-order valence-electron chi connectivity index (χ4n) is 3.36. The predicted octanol–water partition coefficient (Wildman–Crippen LogP) is 2.82. The molecule has 0 aromatic heterocycles. The summed E-state index contributed by atoms with van der Waals surface area (Å²) < 4.78 is 4.99. The number of carbonyl (C=O) groups excluding carboxylic acids is 1. The van der Waals surface area contributed by atoms with Crippen molar-refractivity contribution in [2.75, 3.05) is 20.7 Å². The summed E-state index contributed by atoms with van der Waals surface area (Å²) in [4.78, 5) is 14.5. The highest BCUT2D eigenvalue weighted by Gasteiger charge is 2.35. The van der Waals surface area contributed by atoms with E-state index in [4.69, 9.17) is 4.74 Å². The van der Waals surface area contributed by atoms with Gasteiger partial charge in [-0.05, 0) is 65.8 Å². The lowest BCUT2D eigenvalue weighted by Crippen LogP contribution is -2.54. The molecule has 1 rings (SSSR count). The molecule has 0 amide bonds. The largest absolute Gasteiger partial charge is 0.468 e. The Morgan fingerprint density at radius 3 is 2.38 bits per heavy atom. The molecule has 0 saturated heterocycles. The Labute approximate surface area is 130 Å². The number of hydrogen-bond acceptors (Lipinski definition) is 4.